The van der Waals surface area contributed by atoms with Gasteiger partial charge in [0.15, 0.2) is 5.65 Å². The number of amides is 1. The van der Waals surface area contributed by atoms with Crippen molar-refractivity contribution in [2.24, 2.45) is 0 Å². The van der Waals surface area contributed by atoms with E-state index in [0.29, 0.717) is 23.7 Å². The number of nitrogens with two attached hydrogens (primary N) is 1. The summed E-state index contributed by atoms with van der Waals surface area (Å²) in [5.74, 6) is 0.930. The average molecular weight is 393 g/mol. The Hall–Kier alpha value is -3.39. The number of nitrogen functional groups attached to an aromatic ring is 1. The van der Waals surface area contributed by atoms with Crippen molar-refractivity contribution in [2.75, 3.05) is 12.3 Å². The number of hydrogen-bond donors (Lipinski definition) is 2. The van der Waals surface area contributed by atoms with Gasteiger partial charge < -0.3 is 15.8 Å². The molecule has 3 aromatic heterocycles. The molecule has 0 unspecified atom stereocenters. The van der Waals surface area contributed by atoms with Crippen molar-refractivity contribution < 1.29 is 9.53 Å². The van der Waals surface area contributed by atoms with E-state index in [0.717, 1.165) is 22.4 Å². The van der Waals surface area contributed by atoms with Gasteiger partial charge in [0.1, 0.15) is 5.75 Å². The third-order valence-electron chi connectivity index (χ3n) is 4.17. The number of thiophene rings is 1. The second-order valence-corrected chi connectivity index (χ2v) is 7.06. The number of nitrogens with one attached hydrogen (secondary N) is 1. The minimum absolute atomic E-state index is 0.106. The highest BCUT2D eigenvalue weighted by Crippen LogP contribution is 2.26. The second-order valence-electron chi connectivity index (χ2n) is 6.15. The number of benzene rings is 1. The predicted octanol–water partition coefficient (Wildman–Crippen LogP) is 3.37. The Morgan fingerprint density at radius 3 is 3.00 bits per heavy atom. The average Bonchev–Trinajstić information content (AvgIpc) is 3.32. The summed E-state index contributed by atoms with van der Waals surface area (Å²) < 4.78 is 7.11. The SMILES string of the molecule is CCOc1cccc(CNC(=O)c2cc(-c3ccn4nc(N)nc4c3)cs2)c1. The normalized spacial score (nSPS) is 10.9. The summed E-state index contributed by atoms with van der Waals surface area (Å²) in [6.07, 6.45) is 1.80. The fourth-order valence-corrected chi connectivity index (χ4v) is 3.70. The van der Waals surface area contributed by atoms with E-state index in [-0.39, 0.29) is 11.9 Å². The van der Waals surface area contributed by atoms with Gasteiger partial charge >= 0.3 is 0 Å². The van der Waals surface area contributed by atoms with Crippen LogP contribution < -0.4 is 15.8 Å². The number of fused-ring (bicyclic) bond motifs is 1. The third kappa shape index (κ3) is 3.81. The second kappa shape index (κ2) is 7.69. The van der Waals surface area contributed by atoms with Crippen molar-refractivity contribution in [3.63, 3.8) is 0 Å². The molecule has 0 aliphatic heterocycles. The summed E-state index contributed by atoms with van der Waals surface area (Å²) in [6, 6.07) is 13.4. The summed E-state index contributed by atoms with van der Waals surface area (Å²) in [5.41, 5.74) is 9.20. The lowest BCUT2D eigenvalue weighted by Crippen LogP contribution is -2.21. The topological polar surface area (TPSA) is 94.5 Å². The van der Waals surface area contributed by atoms with Crippen LogP contribution in [0.4, 0.5) is 5.95 Å². The van der Waals surface area contributed by atoms with Crippen LogP contribution in [0.3, 0.4) is 0 Å². The highest BCUT2D eigenvalue weighted by Gasteiger charge is 2.11. The molecule has 7 nitrogen and oxygen atoms in total. The van der Waals surface area contributed by atoms with Gasteiger partial charge in [0, 0.05) is 12.7 Å². The Kier molecular flexibility index (Phi) is 4.94. The van der Waals surface area contributed by atoms with Crippen LogP contribution >= 0.6 is 11.3 Å². The molecule has 0 bridgehead atoms. The minimum atomic E-state index is -0.106. The molecule has 4 rings (SSSR count). The monoisotopic (exact) mass is 393 g/mol. The molecule has 0 aliphatic rings. The van der Waals surface area contributed by atoms with Crippen LogP contribution in [-0.2, 0) is 6.54 Å². The number of carbonyl (C=O) groups excluding carboxylic acids is 1. The lowest BCUT2D eigenvalue weighted by atomic mass is 10.1. The van der Waals surface area contributed by atoms with Crippen molar-refractivity contribution in [3.05, 3.63) is 64.5 Å². The van der Waals surface area contributed by atoms with E-state index >= 15 is 0 Å². The van der Waals surface area contributed by atoms with Crippen LogP contribution in [0.1, 0.15) is 22.2 Å². The maximum absolute atomic E-state index is 12.5. The van der Waals surface area contributed by atoms with Gasteiger partial charge in [-0.2, -0.15) is 4.98 Å². The first-order valence-corrected chi connectivity index (χ1v) is 9.71. The third-order valence-corrected chi connectivity index (χ3v) is 5.10. The van der Waals surface area contributed by atoms with Crippen LogP contribution in [0.2, 0.25) is 0 Å². The molecule has 8 heteroatoms. The summed E-state index contributed by atoms with van der Waals surface area (Å²) in [7, 11) is 0. The number of rotatable bonds is 6. The van der Waals surface area contributed by atoms with Crippen LogP contribution in [-0.4, -0.2) is 27.1 Å². The fraction of sp³-hybridized carbons (Fsp3) is 0.150. The zero-order valence-corrected chi connectivity index (χ0v) is 16.1. The van der Waals surface area contributed by atoms with Gasteiger partial charge in [0.25, 0.3) is 5.91 Å². The first-order valence-electron chi connectivity index (χ1n) is 8.83. The van der Waals surface area contributed by atoms with Crippen molar-refractivity contribution in [3.8, 4) is 16.9 Å². The van der Waals surface area contributed by atoms with E-state index in [1.807, 2.05) is 54.8 Å². The van der Waals surface area contributed by atoms with Crippen molar-refractivity contribution in [2.45, 2.75) is 13.5 Å². The van der Waals surface area contributed by atoms with Crippen LogP contribution in [0, 0.1) is 0 Å². The summed E-state index contributed by atoms with van der Waals surface area (Å²) >= 11 is 1.41. The molecule has 1 aromatic carbocycles. The fourth-order valence-electron chi connectivity index (χ4n) is 2.87. The van der Waals surface area contributed by atoms with Gasteiger partial charge in [-0.25, -0.2) is 4.52 Å². The zero-order chi connectivity index (χ0) is 19.5. The number of carbonyl (C=O) groups is 1. The number of anilines is 1. The molecule has 4 aromatic rings. The summed E-state index contributed by atoms with van der Waals surface area (Å²) in [6.45, 7) is 3.00. The Balaban J connectivity index is 1.45. The van der Waals surface area contributed by atoms with Crippen molar-refractivity contribution in [1.29, 1.82) is 0 Å². The molecule has 0 fully saturated rings. The Labute approximate surface area is 165 Å². The lowest BCUT2D eigenvalue weighted by molar-refractivity contribution is 0.0955. The maximum atomic E-state index is 12.5. The standard InChI is InChI=1S/C20H19N5O2S/c1-2-27-16-5-3-4-13(8-16)11-22-19(26)17-9-15(12-28-17)14-6-7-25-18(10-14)23-20(21)24-25/h3-10,12H,2,11H2,1H3,(H2,21,24)(H,22,26). The number of hydrogen-bond acceptors (Lipinski definition) is 6. The predicted molar refractivity (Wildman–Crippen MR) is 109 cm³/mol. The zero-order valence-electron chi connectivity index (χ0n) is 15.3. The Morgan fingerprint density at radius 2 is 2.14 bits per heavy atom. The largest absolute Gasteiger partial charge is 0.494 e. The molecule has 0 saturated heterocycles. The van der Waals surface area contributed by atoms with Gasteiger partial charge in [0.2, 0.25) is 5.95 Å². The lowest BCUT2D eigenvalue weighted by Gasteiger charge is -2.07. The summed E-state index contributed by atoms with van der Waals surface area (Å²) in [5, 5.41) is 8.97. The molecule has 3 N–H and O–H groups in total. The molecule has 0 aliphatic carbocycles. The van der Waals surface area contributed by atoms with Crippen LogP contribution in [0.5, 0.6) is 5.75 Å². The first-order chi connectivity index (χ1) is 13.6. The molecule has 0 radical (unpaired) electrons. The molecule has 0 spiro atoms. The highest BCUT2D eigenvalue weighted by atomic mass is 32.1. The number of aromatic nitrogens is 3. The molecule has 142 valence electrons. The summed E-state index contributed by atoms with van der Waals surface area (Å²) in [4.78, 5) is 17.3. The Morgan fingerprint density at radius 1 is 1.25 bits per heavy atom. The first kappa shape index (κ1) is 18.0. The quantitative estimate of drug-likeness (QED) is 0.524. The molecular formula is C20H19N5O2S. The van der Waals surface area contributed by atoms with E-state index in [4.69, 9.17) is 10.5 Å². The van der Waals surface area contributed by atoms with Crippen LogP contribution in [0.25, 0.3) is 16.8 Å². The molecule has 0 saturated carbocycles. The molecule has 0 atom stereocenters. The molecule has 28 heavy (non-hydrogen) atoms. The van der Waals surface area contributed by atoms with E-state index in [9.17, 15) is 4.79 Å². The van der Waals surface area contributed by atoms with Gasteiger partial charge in [-0.05, 0) is 59.3 Å². The van der Waals surface area contributed by atoms with Gasteiger partial charge in [0.05, 0.1) is 11.5 Å². The van der Waals surface area contributed by atoms with Crippen molar-refractivity contribution >= 4 is 28.8 Å². The number of pyridine rings is 1. The highest BCUT2D eigenvalue weighted by molar-refractivity contribution is 7.12. The molecule has 1 amide bonds. The van der Waals surface area contributed by atoms with Crippen LogP contribution in [0.15, 0.2) is 54.0 Å². The molecule has 3 heterocycles. The van der Waals surface area contributed by atoms with E-state index < -0.39 is 0 Å². The number of nitrogens with zero attached hydrogens (tertiary/aromatic N) is 3. The van der Waals surface area contributed by atoms with Gasteiger partial charge in [-0.1, -0.05) is 12.1 Å². The number of ether oxygens (including phenoxy) is 1. The smallest absolute Gasteiger partial charge is 0.261 e. The van der Waals surface area contributed by atoms with E-state index in [1.54, 1.807) is 10.7 Å². The Bertz CT molecular complexity index is 1130. The van der Waals surface area contributed by atoms with Gasteiger partial charge in [-0.15, -0.1) is 16.4 Å². The van der Waals surface area contributed by atoms with Crippen molar-refractivity contribution in [1.82, 2.24) is 19.9 Å². The van der Waals surface area contributed by atoms with Gasteiger partial charge in [-0.3, -0.25) is 4.79 Å². The molecular weight excluding hydrogens is 374 g/mol. The van der Waals surface area contributed by atoms with E-state index in [1.165, 1.54) is 11.3 Å². The van der Waals surface area contributed by atoms with E-state index in [2.05, 4.69) is 15.4 Å². The minimum Gasteiger partial charge on any atom is -0.494 e. The maximum Gasteiger partial charge on any atom is 0.261 e.